The van der Waals surface area contributed by atoms with Gasteiger partial charge in [-0.25, -0.2) is 4.98 Å². The number of nitro benzene ring substituents is 1. The fourth-order valence-corrected chi connectivity index (χ4v) is 7.29. The first kappa shape index (κ1) is 27.3. The van der Waals surface area contributed by atoms with Gasteiger partial charge in [-0.05, 0) is 61.9 Å². The molecule has 2 fully saturated rings. The second-order valence-electron chi connectivity index (χ2n) is 10.9. The van der Waals surface area contributed by atoms with Gasteiger partial charge in [-0.3, -0.25) is 19.9 Å². The number of anilines is 5. The van der Waals surface area contributed by atoms with Gasteiger partial charge >= 0.3 is 0 Å². The number of piperidine rings is 1. The maximum absolute atomic E-state index is 12.0. The van der Waals surface area contributed by atoms with Crippen molar-refractivity contribution in [1.29, 1.82) is 0 Å². The lowest BCUT2D eigenvalue weighted by Gasteiger charge is -2.47. The average molecular weight is 590 g/mol. The van der Waals surface area contributed by atoms with Gasteiger partial charge in [0.15, 0.2) is 5.82 Å². The number of carbonyl (C=O) groups excluding carboxylic acids is 1. The van der Waals surface area contributed by atoms with Crippen LogP contribution in [0.15, 0.2) is 54.9 Å². The SMILES string of the molecule is CP(C)c1c(Nc2nc(Nc3ccc(N4CCC5(CC4)CC(=O)C5)c([N+](=O)[O-])c3)ncc2Cl)ccc2ncccc12. The Kier molecular flexibility index (Phi) is 7.21. The van der Waals surface area contributed by atoms with E-state index in [1.165, 1.54) is 12.3 Å². The van der Waals surface area contributed by atoms with Crippen molar-refractivity contribution in [3.8, 4) is 0 Å². The van der Waals surface area contributed by atoms with E-state index in [-0.39, 0.29) is 22.0 Å². The van der Waals surface area contributed by atoms with Gasteiger partial charge in [0.05, 0.1) is 16.6 Å². The Morgan fingerprint density at radius 2 is 1.85 bits per heavy atom. The van der Waals surface area contributed by atoms with E-state index >= 15 is 0 Å². The third-order valence-corrected chi connectivity index (χ3v) is 9.59. The van der Waals surface area contributed by atoms with Gasteiger partial charge in [-0.2, -0.15) is 4.98 Å². The molecule has 1 aliphatic heterocycles. The van der Waals surface area contributed by atoms with Crippen molar-refractivity contribution in [3.05, 3.63) is 70.0 Å². The number of benzene rings is 2. The molecule has 2 N–H and O–H groups in total. The molecule has 1 saturated carbocycles. The summed E-state index contributed by atoms with van der Waals surface area (Å²) in [4.78, 5) is 38.6. The van der Waals surface area contributed by atoms with Crippen LogP contribution >= 0.6 is 19.5 Å². The van der Waals surface area contributed by atoms with E-state index in [0.29, 0.717) is 53.9 Å². The fourth-order valence-electron chi connectivity index (χ4n) is 5.87. The maximum atomic E-state index is 12.0. The van der Waals surface area contributed by atoms with Gasteiger partial charge in [0.25, 0.3) is 5.69 Å². The molecule has 2 aromatic heterocycles. The summed E-state index contributed by atoms with van der Waals surface area (Å²) < 4.78 is 0. The van der Waals surface area contributed by atoms with Crippen LogP contribution in [0.25, 0.3) is 10.9 Å². The molecule has 2 aliphatic rings. The molecule has 3 heterocycles. The van der Waals surface area contributed by atoms with Gasteiger partial charge in [-0.15, -0.1) is 0 Å². The smallest absolute Gasteiger partial charge is 0.294 e. The monoisotopic (exact) mass is 589 g/mol. The summed E-state index contributed by atoms with van der Waals surface area (Å²) in [7, 11) is -0.481. The molecule has 4 aromatic rings. The van der Waals surface area contributed by atoms with Gasteiger partial charge < -0.3 is 15.5 Å². The molecule has 0 bridgehead atoms. The second-order valence-corrected chi connectivity index (χ2v) is 13.5. The van der Waals surface area contributed by atoms with Crippen molar-refractivity contribution in [3.63, 3.8) is 0 Å². The normalized spacial score (nSPS) is 16.2. The van der Waals surface area contributed by atoms with Crippen LogP contribution in [0.4, 0.5) is 34.5 Å². The van der Waals surface area contributed by atoms with E-state index in [4.69, 9.17) is 11.6 Å². The van der Waals surface area contributed by atoms with Gasteiger partial charge in [0.2, 0.25) is 5.95 Å². The van der Waals surface area contributed by atoms with Crippen LogP contribution in [-0.4, -0.2) is 52.1 Å². The van der Waals surface area contributed by atoms with Crippen LogP contribution in [0.2, 0.25) is 5.02 Å². The third kappa shape index (κ3) is 5.42. The maximum Gasteiger partial charge on any atom is 0.294 e. The van der Waals surface area contributed by atoms with Crippen LogP contribution in [0.3, 0.4) is 0 Å². The molecule has 1 aliphatic carbocycles. The molecule has 6 rings (SSSR count). The Hall–Kier alpha value is -3.88. The highest BCUT2D eigenvalue weighted by molar-refractivity contribution is 7.65. The van der Waals surface area contributed by atoms with Crippen molar-refractivity contribution >= 4 is 76.0 Å². The number of halogens is 1. The minimum atomic E-state index is -0.481. The minimum Gasteiger partial charge on any atom is -0.366 e. The number of rotatable bonds is 7. The zero-order chi connectivity index (χ0) is 28.7. The molecule has 0 unspecified atom stereocenters. The van der Waals surface area contributed by atoms with Crippen LogP contribution < -0.4 is 20.8 Å². The number of fused-ring (bicyclic) bond motifs is 1. The highest BCUT2D eigenvalue weighted by Gasteiger charge is 2.45. The summed E-state index contributed by atoms with van der Waals surface area (Å²) in [5, 5.41) is 21.1. The van der Waals surface area contributed by atoms with Gasteiger partial charge in [0, 0.05) is 60.3 Å². The molecule has 1 spiro atoms. The lowest BCUT2D eigenvalue weighted by atomic mass is 9.62. The van der Waals surface area contributed by atoms with E-state index in [1.807, 2.05) is 23.1 Å². The van der Waals surface area contributed by atoms with Crippen molar-refractivity contribution < 1.29 is 9.72 Å². The zero-order valence-electron chi connectivity index (χ0n) is 22.7. The number of aromatic nitrogens is 3. The number of carbonyl (C=O) groups is 1. The average Bonchev–Trinajstić information content (AvgIpc) is 2.94. The summed E-state index contributed by atoms with van der Waals surface area (Å²) >= 11 is 6.48. The van der Waals surface area contributed by atoms with E-state index in [1.54, 1.807) is 18.3 Å². The molecule has 210 valence electrons. The third-order valence-electron chi connectivity index (χ3n) is 7.94. The van der Waals surface area contributed by atoms with E-state index in [0.717, 1.165) is 34.7 Å². The Morgan fingerprint density at radius 3 is 2.56 bits per heavy atom. The number of ketones is 1. The van der Waals surface area contributed by atoms with Crippen molar-refractivity contribution in [2.75, 3.05) is 42.0 Å². The van der Waals surface area contributed by atoms with Crippen molar-refractivity contribution in [2.45, 2.75) is 25.7 Å². The van der Waals surface area contributed by atoms with Crippen molar-refractivity contribution in [1.82, 2.24) is 15.0 Å². The standard InChI is InChI=1S/C29H29ClN7O3P/c1-41(2)26-20-4-3-11-31-22(20)6-7-23(26)34-27-21(30)17-32-28(35-27)33-18-5-8-24(25(14-18)37(39)40)36-12-9-29(10-13-36)15-19(38)16-29/h3-8,11,14,17H,9-10,12-13,15-16H2,1-2H3,(H2,32,33,34,35). The minimum absolute atomic E-state index is 0.0108. The van der Waals surface area contributed by atoms with Crippen LogP contribution in [-0.2, 0) is 4.79 Å². The molecule has 0 atom stereocenters. The molecule has 0 amide bonds. The van der Waals surface area contributed by atoms with Gasteiger partial charge in [0.1, 0.15) is 16.5 Å². The largest absolute Gasteiger partial charge is 0.366 e. The zero-order valence-corrected chi connectivity index (χ0v) is 24.4. The number of hydrogen-bond acceptors (Lipinski definition) is 9. The molecule has 10 nitrogen and oxygen atoms in total. The number of nitrogens with one attached hydrogen (secondary N) is 2. The molecule has 0 radical (unpaired) electrons. The quantitative estimate of drug-likeness (QED) is 0.143. The van der Waals surface area contributed by atoms with Crippen LogP contribution in [0.1, 0.15) is 25.7 Å². The number of Topliss-reactive ketones (excluding diaryl/α,β-unsaturated/α-hetero) is 1. The van der Waals surface area contributed by atoms with E-state index in [2.05, 4.69) is 45.0 Å². The topological polar surface area (TPSA) is 126 Å². The lowest BCUT2D eigenvalue weighted by Crippen LogP contribution is -2.47. The number of nitro groups is 1. The van der Waals surface area contributed by atoms with Gasteiger partial charge in [-0.1, -0.05) is 25.6 Å². The Bertz CT molecular complexity index is 1660. The highest BCUT2D eigenvalue weighted by atomic mass is 35.5. The second kappa shape index (κ2) is 10.8. The first-order chi connectivity index (χ1) is 19.7. The highest BCUT2D eigenvalue weighted by Crippen LogP contribution is 2.48. The summed E-state index contributed by atoms with van der Waals surface area (Å²) in [6.07, 6.45) is 6.31. The summed E-state index contributed by atoms with van der Waals surface area (Å²) in [6.45, 7) is 5.76. The molecular formula is C29H29ClN7O3P. The van der Waals surface area contributed by atoms with Crippen LogP contribution in [0, 0.1) is 15.5 Å². The van der Waals surface area contributed by atoms with Crippen LogP contribution in [0.5, 0.6) is 0 Å². The fraction of sp³-hybridized carbons (Fsp3) is 0.310. The Balaban J connectivity index is 1.23. The summed E-state index contributed by atoms with van der Waals surface area (Å²) in [6, 6.07) is 13.0. The van der Waals surface area contributed by atoms with Crippen molar-refractivity contribution in [2.24, 2.45) is 5.41 Å². The number of nitrogens with zero attached hydrogens (tertiary/aromatic N) is 5. The lowest BCUT2D eigenvalue weighted by molar-refractivity contribution is -0.384. The van der Waals surface area contributed by atoms with E-state index < -0.39 is 7.92 Å². The summed E-state index contributed by atoms with van der Waals surface area (Å²) in [5.74, 6) is 1.000. The molecule has 41 heavy (non-hydrogen) atoms. The Morgan fingerprint density at radius 1 is 1.07 bits per heavy atom. The number of hydrogen-bond donors (Lipinski definition) is 2. The predicted octanol–water partition coefficient (Wildman–Crippen LogP) is 6.39. The first-order valence-electron chi connectivity index (χ1n) is 13.4. The summed E-state index contributed by atoms with van der Waals surface area (Å²) in [5.41, 5.74) is 3.00. The predicted molar refractivity (Wildman–Crippen MR) is 165 cm³/mol. The molecule has 1 saturated heterocycles. The number of pyridine rings is 1. The molecular weight excluding hydrogens is 561 g/mol. The Labute approximate surface area is 243 Å². The molecule has 2 aromatic carbocycles. The molecule has 12 heteroatoms. The van der Waals surface area contributed by atoms with E-state index in [9.17, 15) is 14.9 Å². The first-order valence-corrected chi connectivity index (χ1v) is 16.0.